The van der Waals surface area contributed by atoms with Crippen LogP contribution in [-0.2, 0) is 9.59 Å². The Bertz CT molecular complexity index is 232. The minimum absolute atomic E-state index is 0.588. The smallest absolute Gasteiger partial charge is 0.298 e. The summed E-state index contributed by atoms with van der Waals surface area (Å²) in [6.45, 7) is 5.04. The van der Waals surface area contributed by atoms with Crippen LogP contribution >= 0.6 is 11.6 Å². The first kappa shape index (κ1) is 12.2. The largest absolute Gasteiger partial charge is 0.366 e. The van der Waals surface area contributed by atoms with Gasteiger partial charge in [-0.2, -0.15) is 0 Å². The van der Waals surface area contributed by atoms with Crippen molar-refractivity contribution in [2.75, 3.05) is 0 Å². The van der Waals surface area contributed by atoms with E-state index in [2.05, 4.69) is 5.32 Å². The molecule has 5 nitrogen and oxygen atoms in total. The van der Waals surface area contributed by atoms with E-state index in [1.165, 1.54) is 0 Å². The van der Waals surface area contributed by atoms with E-state index >= 15 is 0 Å². The van der Waals surface area contributed by atoms with Gasteiger partial charge in [0.25, 0.3) is 16.9 Å². The van der Waals surface area contributed by atoms with E-state index in [4.69, 9.17) is 22.4 Å². The molecule has 0 fully saturated rings. The summed E-state index contributed by atoms with van der Waals surface area (Å²) in [5, 5.41) is 8.75. The van der Waals surface area contributed by atoms with Crippen LogP contribution < -0.4 is 11.1 Å². The van der Waals surface area contributed by atoms with Gasteiger partial charge >= 0.3 is 0 Å². The summed E-state index contributed by atoms with van der Waals surface area (Å²) >= 11 is 5.20. The maximum atomic E-state index is 11.1. The van der Waals surface area contributed by atoms with Gasteiger partial charge in [0.05, 0.1) is 0 Å². The topological polar surface area (TPSA) is 92.4 Å². The van der Waals surface area contributed by atoms with Crippen molar-refractivity contribution in [2.24, 2.45) is 5.73 Å². The number of carbonyl (C=O) groups is 2. The molecule has 2 amide bonds. The molecule has 0 aromatic carbocycles. The molecular weight excluding hydrogens is 196 g/mol. The minimum atomic E-state index is -2.67. The van der Waals surface area contributed by atoms with Crippen molar-refractivity contribution in [1.82, 2.24) is 5.32 Å². The lowest BCUT2D eigenvalue weighted by atomic mass is 10.1. The number of carbonyl (C=O) groups excluding carboxylic acids is 2. The van der Waals surface area contributed by atoms with Crippen LogP contribution in [0.5, 0.6) is 0 Å². The standard InChI is InChI=1S/C7H13ClN2O3/c1-6(2,3)10-5(12)7(8,13)4(9)11/h13H,1-3H3,(H2,9,11)(H,10,12). The molecule has 0 aromatic heterocycles. The highest BCUT2D eigenvalue weighted by Crippen LogP contribution is 2.12. The molecule has 4 N–H and O–H groups in total. The Morgan fingerprint density at radius 1 is 1.38 bits per heavy atom. The predicted octanol–water partition coefficient (Wildman–Crippen LogP) is -0.686. The quantitative estimate of drug-likeness (QED) is 0.415. The molecule has 0 saturated heterocycles. The number of aliphatic hydroxyl groups is 1. The molecule has 0 aliphatic rings. The van der Waals surface area contributed by atoms with E-state index in [0.29, 0.717) is 0 Å². The van der Waals surface area contributed by atoms with Crippen LogP contribution in [0.2, 0.25) is 0 Å². The molecule has 1 unspecified atom stereocenters. The normalized spacial score (nSPS) is 16.1. The Hall–Kier alpha value is -0.810. The molecule has 0 heterocycles. The summed E-state index contributed by atoms with van der Waals surface area (Å²) in [5.41, 5.74) is 4.12. The molecular formula is C7H13ClN2O3. The van der Waals surface area contributed by atoms with Gasteiger partial charge in [0.1, 0.15) is 0 Å². The van der Waals surface area contributed by atoms with Crippen LogP contribution in [0.1, 0.15) is 20.8 Å². The molecule has 0 aliphatic carbocycles. The highest BCUT2D eigenvalue weighted by Gasteiger charge is 2.41. The summed E-state index contributed by atoms with van der Waals surface area (Å²) in [7, 11) is 0. The number of nitrogens with two attached hydrogens (primary N) is 1. The summed E-state index contributed by atoms with van der Waals surface area (Å²) in [4.78, 5) is 21.7. The van der Waals surface area contributed by atoms with Crippen molar-refractivity contribution in [3.05, 3.63) is 0 Å². The average molecular weight is 209 g/mol. The molecule has 0 saturated carbocycles. The second-order valence-electron chi connectivity index (χ2n) is 3.69. The average Bonchev–Trinajstić information content (AvgIpc) is 1.82. The van der Waals surface area contributed by atoms with Crippen LogP contribution in [0, 0.1) is 0 Å². The third-order valence-electron chi connectivity index (χ3n) is 1.12. The third-order valence-corrected chi connectivity index (χ3v) is 1.47. The molecule has 0 bridgehead atoms. The monoisotopic (exact) mass is 208 g/mol. The molecule has 0 aliphatic heterocycles. The van der Waals surface area contributed by atoms with Crippen molar-refractivity contribution in [3.8, 4) is 0 Å². The van der Waals surface area contributed by atoms with E-state index in [-0.39, 0.29) is 0 Å². The Balaban J connectivity index is 4.53. The number of hydrogen-bond donors (Lipinski definition) is 3. The summed E-state index contributed by atoms with van der Waals surface area (Å²) in [5.74, 6) is -2.31. The maximum absolute atomic E-state index is 11.1. The van der Waals surface area contributed by atoms with Crippen molar-refractivity contribution in [3.63, 3.8) is 0 Å². The molecule has 6 heteroatoms. The van der Waals surface area contributed by atoms with Gasteiger partial charge in [-0.1, -0.05) is 11.6 Å². The van der Waals surface area contributed by atoms with E-state index in [0.717, 1.165) is 0 Å². The maximum Gasteiger partial charge on any atom is 0.298 e. The first-order valence-electron chi connectivity index (χ1n) is 3.61. The zero-order chi connectivity index (χ0) is 10.9. The van der Waals surface area contributed by atoms with E-state index < -0.39 is 22.4 Å². The summed E-state index contributed by atoms with van der Waals surface area (Å²) in [6.07, 6.45) is 0. The molecule has 0 aromatic rings. The van der Waals surface area contributed by atoms with E-state index in [1.807, 2.05) is 0 Å². The highest BCUT2D eigenvalue weighted by atomic mass is 35.5. The number of nitrogens with one attached hydrogen (secondary N) is 1. The van der Waals surface area contributed by atoms with Crippen molar-refractivity contribution in [1.29, 1.82) is 0 Å². The van der Waals surface area contributed by atoms with Gasteiger partial charge in [-0.25, -0.2) is 0 Å². The lowest BCUT2D eigenvalue weighted by Gasteiger charge is -2.24. The molecule has 0 radical (unpaired) electrons. The van der Waals surface area contributed by atoms with Crippen LogP contribution in [0.15, 0.2) is 0 Å². The van der Waals surface area contributed by atoms with Crippen molar-refractivity contribution < 1.29 is 14.7 Å². The lowest BCUT2D eigenvalue weighted by Crippen LogP contribution is -2.56. The van der Waals surface area contributed by atoms with Gasteiger partial charge in [0.2, 0.25) is 0 Å². The fraction of sp³-hybridized carbons (Fsp3) is 0.714. The highest BCUT2D eigenvalue weighted by molar-refractivity contribution is 6.44. The third kappa shape index (κ3) is 3.61. The van der Waals surface area contributed by atoms with Crippen molar-refractivity contribution >= 4 is 23.4 Å². The first-order chi connectivity index (χ1) is 5.57. The Labute approximate surface area is 81.2 Å². The fourth-order valence-corrected chi connectivity index (χ4v) is 0.583. The van der Waals surface area contributed by atoms with Gasteiger partial charge in [-0.3, -0.25) is 9.59 Å². The van der Waals surface area contributed by atoms with Gasteiger partial charge in [0, 0.05) is 5.54 Å². The van der Waals surface area contributed by atoms with Crippen molar-refractivity contribution in [2.45, 2.75) is 31.4 Å². The second kappa shape index (κ2) is 3.51. The number of primary amides is 1. The van der Waals surface area contributed by atoms with E-state index in [1.54, 1.807) is 20.8 Å². The van der Waals surface area contributed by atoms with Crippen LogP contribution in [0.4, 0.5) is 0 Å². The number of halogens is 1. The second-order valence-corrected chi connectivity index (χ2v) is 4.24. The Morgan fingerprint density at radius 2 is 1.77 bits per heavy atom. The molecule has 0 rings (SSSR count). The molecule has 13 heavy (non-hydrogen) atoms. The van der Waals surface area contributed by atoms with Gasteiger partial charge in [-0.05, 0) is 20.8 Å². The first-order valence-corrected chi connectivity index (χ1v) is 3.99. The van der Waals surface area contributed by atoms with Gasteiger partial charge in [-0.15, -0.1) is 0 Å². The predicted molar refractivity (Wildman–Crippen MR) is 47.9 cm³/mol. The number of rotatable bonds is 2. The van der Waals surface area contributed by atoms with E-state index in [9.17, 15) is 9.59 Å². The van der Waals surface area contributed by atoms with Gasteiger partial charge in [0.15, 0.2) is 0 Å². The van der Waals surface area contributed by atoms with Crippen LogP contribution in [0.3, 0.4) is 0 Å². The lowest BCUT2D eigenvalue weighted by molar-refractivity contribution is -0.144. The Kier molecular flexibility index (Phi) is 3.29. The Morgan fingerprint density at radius 3 is 2.00 bits per heavy atom. The zero-order valence-corrected chi connectivity index (χ0v) is 8.47. The number of hydrogen-bond acceptors (Lipinski definition) is 3. The number of alkyl halides is 1. The fourth-order valence-electron chi connectivity index (χ4n) is 0.535. The van der Waals surface area contributed by atoms with Crippen LogP contribution in [0.25, 0.3) is 0 Å². The SMILES string of the molecule is CC(C)(C)NC(=O)C(O)(Cl)C(N)=O. The zero-order valence-electron chi connectivity index (χ0n) is 7.72. The van der Waals surface area contributed by atoms with Crippen LogP contribution in [-0.4, -0.2) is 27.5 Å². The van der Waals surface area contributed by atoms with Gasteiger partial charge < -0.3 is 16.2 Å². The molecule has 1 atom stereocenters. The summed E-state index contributed by atoms with van der Waals surface area (Å²) in [6, 6.07) is 0. The molecule has 0 spiro atoms. The summed E-state index contributed by atoms with van der Waals surface area (Å²) < 4.78 is 0. The molecule has 76 valence electrons. The number of amides is 2. The minimum Gasteiger partial charge on any atom is -0.366 e.